The van der Waals surface area contributed by atoms with Crippen molar-refractivity contribution in [2.45, 2.75) is 45.6 Å². The van der Waals surface area contributed by atoms with Crippen molar-refractivity contribution in [2.24, 2.45) is 11.8 Å². The van der Waals surface area contributed by atoms with Crippen molar-refractivity contribution in [2.75, 3.05) is 32.8 Å². The average molecular weight is 305 g/mol. The number of nitrogens with one attached hydrogen (secondary N) is 1. The second kappa shape index (κ2) is 8.85. The first kappa shape index (κ1) is 17.7. The summed E-state index contributed by atoms with van der Waals surface area (Å²) in [5.41, 5.74) is 0. The van der Waals surface area contributed by atoms with Gasteiger partial charge in [-0.25, -0.2) is 0 Å². The smallest absolute Gasteiger partial charge is 0.224 e. The number of hydrogen-bond acceptors (Lipinski definition) is 3. The van der Waals surface area contributed by atoms with Crippen LogP contribution >= 0.6 is 12.4 Å². The molecule has 2 fully saturated rings. The number of morpholine rings is 1. The summed E-state index contributed by atoms with van der Waals surface area (Å²) in [5.74, 6) is 1.73. The molecule has 2 atom stereocenters. The van der Waals surface area contributed by atoms with Crippen molar-refractivity contribution < 1.29 is 9.53 Å². The number of carbonyl (C=O) groups is 1. The molecule has 2 aliphatic heterocycles. The summed E-state index contributed by atoms with van der Waals surface area (Å²) in [7, 11) is 0. The van der Waals surface area contributed by atoms with Crippen LogP contribution in [0.2, 0.25) is 0 Å². The number of amides is 1. The normalized spacial score (nSPS) is 27.2. The molecule has 0 aromatic heterocycles. The first-order chi connectivity index (χ1) is 9.15. The Hall–Kier alpha value is -0.320. The predicted octanol–water partition coefficient (Wildman–Crippen LogP) is 2.07. The van der Waals surface area contributed by atoms with Gasteiger partial charge in [0.1, 0.15) is 0 Å². The minimum Gasteiger partial charge on any atom is -0.378 e. The van der Waals surface area contributed by atoms with Crippen molar-refractivity contribution in [3.8, 4) is 0 Å². The van der Waals surface area contributed by atoms with Gasteiger partial charge in [-0.15, -0.1) is 12.4 Å². The summed E-state index contributed by atoms with van der Waals surface area (Å²) < 4.78 is 5.41. The Morgan fingerprint density at radius 2 is 2.25 bits per heavy atom. The summed E-state index contributed by atoms with van der Waals surface area (Å²) in [6, 6.07) is 0.215. The van der Waals surface area contributed by atoms with Crippen molar-refractivity contribution in [1.29, 1.82) is 0 Å². The Bertz CT molecular complexity index is 294. The Morgan fingerprint density at radius 3 is 2.90 bits per heavy atom. The van der Waals surface area contributed by atoms with Gasteiger partial charge in [0.05, 0.1) is 13.2 Å². The maximum Gasteiger partial charge on any atom is 0.224 e. The fourth-order valence-electron chi connectivity index (χ4n) is 3.24. The first-order valence-electron chi connectivity index (χ1n) is 7.74. The van der Waals surface area contributed by atoms with E-state index in [1.807, 2.05) is 0 Å². The van der Waals surface area contributed by atoms with Crippen LogP contribution in [0.25, 0.3) is 0 Å². The van der Waals surface area contributed by atoms with Gasteiger partial charge in [0.2, 0.25) is 5.91 Å². The molecule has 1 amide bonds. The minimum atomic E-state index is 0. The highest BCUT2D eigenvalue weighted by Crippen LogP contribution is 2.23. The number of piperidine rings is 1. The van der Waals surface area contributed by atoms with Gasteiger partial charge in [0.25, 0.3) is 0 Å². The van der Waals surface area contributed by atoms with E-state index < -0.39 is 0 Å². The molecule has 2 heterocycles. The molecule has 5 heteroatoms. The van der Waals surface area contributed by atoms with E-state index in [9.17, 15) is 4.79 Å². The highest BCUT2D eigenvalue weighted by atomic mass is 35.5. The van der Waals surface area contributed by atoms with E-state index >= 15 is 0 Å². The van der Waals surface area contributed by atoms with Crippen LogP contribution in [0, 0.1) is 11.8 Å². The van der Waals surface area contributed by atoms with E-state index in [-0.39, 0.29) is 18.4 Å². The highest BCUT2D eigenvalue weighted by molar-refractivity contribution is 5.85. The van der Waals surface area contributed by atoms with Gasteiger partial charge in [-0.05, 0) is 31.1 Å². The van der Waals surface area contributed by atoms with Crippen molar-refractivity contribution in [1.82, 2.24) is 10.2 Å². The molecule has 118 valence electrons. The maximum atomic E-state index is 12.3. The Kier molecular flexibility index (Phi) is 7.85. The predicted molar refractivity (Wildman–Crippen MR) is 83.2 cm³/mol. The molecule has 0 aromatic rings. The van der Waals surface area contributed by atoms with Crippen LogP contribution in [-0.4, -0.2) is 49.7 Å². The first-order valence-corrected chi connectivity index (χ1v) is 7.74. The van der Waals surface area contributed by atoms with Crippen LogP contribution in [0.1, 0.15) is 39.5 Å². The van der Waals surface area contributed by atoms with E-state index in [1.54, 1.807) is 0 Å². The van der Waals surface area contributed by atoms with E-state index in [0.717, 1.165) is 38.6 Å². The zero-order valence-corrected chi connectivity index (χ0v) is 13.6. The van der Waals surface area contributed by atoms with Gasteiger partial charge in [0, 0.05) is 32.1 Å². The molecule has 1 N–H and O–H groups in total. The standard InChI is InChI=1S/C15H28N2O2.ClH/c1-12(2)8-13-4-3-6-17(10-13)15(18)9-14-11-19-7-5-16-14;/h12-14,16H,3-11H2,1-2H3;1H. The molecular weight excluding hydrogens is 276 g/mol. The SMILES string of the molecule is CC(C)CC1CCCN(C(=O)CC2COCCN2)C1.Cl. The van der Waals surface area contributed by atoms with E-state index in [4.69, 9.17) is 4.74 Å². The fraction of sp³-hybridized carbons (Fsp3) is 0.933. The molecule has 4 nitrogen and oxygen atoms in total. The Morgan fingerprint density at radius 1 is 1.45 bits per heavy atom. The fourth-order valence-corrected chi connectivity index (χ4v) is 3.24. The van der Waals surface area contributed by atoms with E-state index in [1.165, 1.54) is 12.8 Å². The van der Waals surface area contributed by atoms with E-state index in [0.29, 0.717) is 24.9 Å². The monoisotopic (exact) mass is 304 g/mol. The van der Waals surface area contributed by atoms with Crippen LogP contribution in [-0.2, 0) is 9.53 Å². The molecule has 2 rings (SSSR count). The lowest BCUT2D eigenvalue weighted by Gasteiger charge is -2.35. The molecule has 20 heavy (non-hydrogen) atoms. The van der Waals surface area contributed by atoms with Crippen LogP contribution in [0.15, 0.2) is 0 Å². The lowest BCUT2D eigenvalue weighted by Crippen LogP contribution is -2.47. The Labute approximate surface area is 129 Å². The topological polar surface area (TPSA) is 41.6 Å². The molecule has 0 aliphatic carbocycles. The average Bonchev–Trinajstić information content (AvgIpc) is 2.39. The van der Waals surface area contributed by atoms with Crippen LogP contribution in [0.5, 0.6) is 0 Å². The highest BCUT2D eigenvalue weighted by Gasteiger charge is 2.26. The Balaban J connectivity index is 0.00000200. The number of nitrogens with zero attached hydrogens (tertiary/aromatic N) is 1. The largest absolute Gasteiger partial charge is 0.378 e. The van der Waals surface area contributed by atoms with Crippen molar-refractivity contribution in [3.05, 3.63) is 0 Å². The second-order valence-electron chi connectivity index (χ2n) is 6.41. The number of carbonyl (C=O) groups excluding carboxylic acids is 1. The third-order valence-corrected chi connectivity index (χ3v) is 4.10. The molecule has 0 aromatic carbocycles. The summed E-state index contributed by atoms with van der Waals surface area (Å²) in [6.07, 6.45) is 4.29. The molecule has 0 saturated carbocycles. The van der Waals surface area contributed by atoms with Crippen LogP contribution in [0.3, 0.4) is 0 Å². The number of rotatable bonds is 4. The third kappa shape index (κ3) is 5.58. The lowest BCUT2D eigenvalue weighted by atomic mass is 9.89. The zero-order chi connectivity index (χ0) is 13.7. The van der Waals surface area contributed by atoms with E-state index in [2.05, 4.69) is 24.1 Å². The summed E-state index contributed by atoms with van der Waals surface area (Å²) in [5, 5.41) is 3.36. The lowest BCUT2D eigenvalue weighted by molar-refractivity contribution is -0.134. The van der Waals surface area contributed by atoms with Gasteiger partial charge < -0.3 is 15.0 Å². The number of halogens is 1. The van der Waals surface area contributed by atoms with Gasteiger partial charge >= 0.3 is 0 Å². The summed E-state index contributed by atoms with van der Waals surface area (Å²) in [4.78, 5) is 14.4. The van der Waals surface area contributed by atoms with Crippen LogP contribution in [0.4, 0.5) is 0 Å². The number of hydrogen-bond donors (Lipinski definition) is 1. The van der Waals surface area contributed by atoms with Crippen molar-refractivity contribution >= 4 is 18.3 Å². The molecule has 0 radical (unpaired) electrons. The number of ether oxygens (including phenoxy) is 1. The van der Waals surface area contributed by atoms with Gasteiger partial charge in [-0.3, -0.25) is 4.79 Å². The summed E-state index contributed by atoms with van der Waals surface area (Å²) >= 11 is 0. The second-order valence-corrected chi connectivity index (χ2v) is 6.41. The quantitative estimate of drug-likeness (QED) is 0.864. The molecule has 2 aliphatic rings. The van der Waals surface area contributed by atoms with Gasteiger partial charge in [-0.2, -0.15) is 0 Å². The summed E-state index contributed by atoms with van der Waals surface area (Å²) in [6.45, 7) is 8.76. The molecular formula is C15H29ClN2O2. The van der Waals surface area contributed by atoms with Crippen LogP contribution < -0.4 is 5.32 Å². The van der Waals surface area contributed by atoms with Crippen molar-refractivity contribution in [3.63, 3.8) is 0 Å². The zero-order valence-electron chi connectivity index (χ0n) is 12.8. The minimum absolute atomic E-state index is 0. The third-order valence-electron chi connectivity index (χ3n) is 4.10. The molecule has 2 saturated heterocycles. The molecule has 0 bridgehead atoms. The molecule has 0 spiro atoms. The van der Waals surface area contributed by atoms with Gasteiger partial charge in [-0.1, -0.05) is 13.8 Å². The molecule has 2 unspecified atom stereocenters. The maximum absolute atomic E-state index is 12.3. The van der Waals surface area contributed by atoms with Gasteiger partial charge in [0.15, 0.2) is 0 Å². The number of likely N-dealkylation sites (tertiary alicyclic amines) is 1.